The molecule has 0 aliphatic heterocycles. The Hall–Kier alpha value is -1.88. The standard InChI is InChI=1S/C11H10N2O2S/c14-16(15,11-6-2-1-3-7-11)13-10-5-4-8-12-9-10/h1-9,13H. The second-order valence-corrected chi connectivity index (χ2v) is 4.84. The Balaban J connectivity index is 2.29. The molecule has 16 heavy (non-hydrogen) atoms. The zero-order valence-electron chi connectivity index (χ0n) is 8.37. The van der Waals surface area contributed by atoms with Crippen molar-refractivity contribution < 1.29 is 8.42 Å². The van der Waals surface area contributed by atoms with Crippen molar-refractivity contribution in [3.8, 4) is 0 Å². The summed E-state index contributed by atoms with van der Waals surface area (Å²) in [6.45, 7) is 0. The third kappa shape index (κ3) is 2.38. The summed E-state index contributed by atoms with van der Waals surface area (Å²) >= 11 is 0. The van der Waals surface area contributed by atoms with Gasteiger partial charge < -0.3 is 0 Å². The molecule has 0 amide bonds. The van der Waals surface area contributed by atoms with Crippen LogP contribution in [0.25, 0.3) is 0 Å². The Kier molecular flexibility index (Phi) is 2.87. The third-order valence-corrected chi connectivity index (χ3v) is 3.36. The molecule has 0 radical (unpaired) electrons. The van der Waals surface area contributed by atoms with Crippen LogP contribution in [-0.2, 0) is 10.0 Å². The van der Waals surface area contributed by atoms with Gasteiger partial charge in [-0.15, -0.1) is 0 Å². The fourth-order valence-electron chi connectivity index (χ4n) is 1.24. The van der Waals surface area contributed by atoms with E-state index in [1.54, 1.807) is 48.7 Å². The van der Waals surface area contributed by atoms with Crippen molar-refractivity contribution in [2.45, 2.75) is 4.90 Å². The lowest BCUT2D eigenvalue weighted by atomic mass is 10.4. The van der Waals surface area contributed by atoms with Crippen LogP contribution in [0.5, 0.6) is 0 Å². The molecule has 5 heteroatoms. The largest absolute Gasteiger partial charge is 0.278 e. The van der Waals surface area contributed by atoms with Crippen LogP contribution in [0, 0.1) is 0 Å². The first-order valence-electron chi connectivity index (χ1n) is 4.66. The van der Waals surface area contributed by atoms with Crippen LogP contribution in [0.15, 0.2) is 59.8 Å². The van der Waals surface area contributed by atoms with Crippen molar-refractivity contribution in [1.29, 1.82) is 0 Å². The topological polar surface area (TPSA) is 59.1 Å². The first-order chi connectivity index (χ1) is 7.68. The minimum atomic E-state index is -3.50. The van der Waals surface area contributed by atoms with E-state index in [1.807, 2.05) is 0 Å². The SMILES string of the molecule is O=S(=O)(Nc1cccnc1)c1ccccc1. The third-order valence-electron chi connectivity index (χ3n) is 1.97. The quantitative estimate of drug-likeness (QED) is 0.882. The molecule has 0 bridgehead atoms. The number of nitrogens with one attached hydrogen (secondary N) is 1. The molecule has 0 spiro atoms. The summed E-state index contributed by atoms with van der Waals surface area (Å²) in [5.74, 6) is 0. The van der Waals surface area contributed by atoms with E-state index in [1.165, 1.54) is 6.20 Å². The van der Waals surface area contributed by atoms with Crippen molar-refractivity contribution in [2.24, 2.45) is 0 Å². The molecular weight excluding hydrogens is 224 g/mol. The molecule has 1 aromatic carbocycles. The van der Waals surface area contributed by atoms with Gasteiger partial charge in [-0.3, -0.25) is 9.71 Å². The molecule has 0 unspecified atom stereocenters. The maximum absolute atomic E-state index is 11.9. The van der Waals surface area contributed by atoms with Gasteiger partial charge in [-0.2, -0.15) is 0 Å². The minimum Gasteiger partial charge on any atom is -0.278 e. The van der Waals surface area contributed by atoms with Gasteiger partial charge in [0, 0.05) is 6.20 Å². The zero-order valence-corrected chi connectivity index (χ0v) is 9.18. The van der Waals surface area contributed by atoms with Crippen LogP contribution in [0.1, 0.15) is 0 Å². The normalized spacial score (nSPS) is 11.0. The minimum absolute atomic E-state index is 0.235. The maximum atomic E-state index is 11.9. The molecule has 0 aliphatic rings. The first kappa shape index (κ1) is 10.6. The number of aromatic nitrogens is 1. The number of hydrogen-bond donors (Lipinski definition) is 1. The molecule has 2 rings (SSSR count). The Bertz CT molecular complexity index is 553. The monoisotopic (exact) mass is 234 g/mol. The summed E-state index contributed by atoms with van der Waals surface area (Å²) in [6.07, 6.45) is 3.04. The van der Waals surface area contributed by atoms with Gasteiger partial charge in [-0.25, -0.2) is 8.42 Å². The molecule has 0 saturated heterocycles. The van der Waals surface area contributed by atoms with Crippen molar-refractivity contribution in [3.63, 3.8) is 0 Å². The second kappa shape index (κ2) is 4.32. The summed E-state index contributed by atoms with van der Waals surface area (Å²) in [7, 11) is -3.50. The van der Waals surface area contributed by atoms with Crippen molar-refractivity contribution in [3.05, 3.63) is 54.9 Å². The lowest BCUT2D eigenvalue weighted by Crippen LogP contribution is -2.12. The van der Waals surface area contributed by atoms with Crippen molar-refractivity contribution >= 4 is 15.7 Å². The Morgan fingerprint density at radius 3 is 2.38 bits per heavy atom. The Morgan fingerprint density at radius 1 is 1.00 bits per heavy atom. The van der Waals surface area contributed by atoms with Crippen LogP contribution >= 0.6 is 0 Å². The number of hydrogen-bond acceptors (Lipinski definition) is 3. The van der Waals surface area contributed by atoms with E-state index in [0.717, 1.165) is 0 Å². The Morgan fingerprint density at radius 2 is 1.75 bits per heavy atom. The van der Waals surface area contributed by atoms with Gasteiger partial charge in [-0.1, -0.05) is 18.2 Å². The zero-order chi connectivity index (χ0) is 11.4. The van der Waals surface area contributed by atoms with Crippen molar-refractivity contribution in [2.75, 3.05) is 4.72 Å². The number of sulfonamides is 1. The molecular formula is C11H10N2O2S. The number of benzene rings is 1. The predicted octanol–water partition coefficient (Wildman–Crippen LogP) is 1.88. The number of pyridine rings is 1. The van der Waals surface area contributed by atoms with Gasteiger partial charge in [0.25, 0.3) is 10.0 Å². The van der Waals surface area contributed by atoms with Gasteiger partial charge >= 0.3 is 0 Å². The maximum Gasteiger partial charge on any atom is 0.261 e. The van der Waals surface area contributed by atoms with Crippen molar-refractivity contribution in [1.82, 2.24) is 4.98 Å². The van der Waals surface area contributed by atoms with E-state index < -0.39 is 10.0 Å². The number of anilines is 1. The fraction of sp³-hybridized carbons (Fsp3) is 0. The van der Waals surface area contributed by atoms with E-state index in [0.29, 0.717) is 5.69 Å². The van der Waals surface area contributed by atoms with Gasteiger partial charge in [0.2, 0.25) is 0 Å². The molecule has 0 saturated carbocycles. The summed E-state index contributed by atoms with van der Waals surface area (Å²) in [5.41, 5.74) is 0.450. The number of rotatable bonds is 3. The molecule has 82 valence electrons. The van der Waals surface area contributed by atoms with E-state index >= 15 is 0 Å². The molecule has 1 heterocycles. The van der Waals surface area contributed by atoms with E-state index in [-0.39, 0.29) is 4.90 Å². The lowest BCUT2D eigenvalue weighted by molar-refractivity contribution is 0.601. The highest BCUT2D eigenvalue weighted by Crippen LogP contribution is 2.13. The van der Waals surface area contributed by atoms with Crippen LogP contribution in [0.4, 0.5) is 5.69 Å². The highest BCUT2D eigenvalue weighted by atomic mass is 32.2. The fourth-order valence-corrected chi connectivity index (χ4v) is 2.30. The second-order valence-electron chi connectivity index (χ2n) is 3.16. The summed E-state index contributed by atoms with van der Waals surface area (Å²) in [4.78, 5) is 4.07. The molecule has 0 aliphatic carbocycles. The number of nitrogens with zero attached hydrogens (tertiary/aromatic N) is 1. The van der Waals surface area contributed by atoms with Crippen LogP contribution in [0.2, 0.25) is 0 Å². The average molecular weight is 234 g/mol. The van der Waals surface area contributed by atoms with Gasteiger partial charge in [0.1, 0.15) is 0 Å². The predicted molar refractivity (Wildman–Crippen MR) is 61.5 cm³/mol. The van der Waals surface area contributed by atoms with Gasteiger partial charge in [0.05, 0.1) is 16.8 Å². The molecule has 2 aromatic rings. The molecule has 1 N–H and O–H groups in total. The Labute approximate surface area is 94.0 Å². The summed E-state index contributed by atoms with van der Waals surface area (Å²) < 4.78 is 26.2. The first-order valence-corrected chi connectivity index (χ1v) is 6.15. The molecule has 4 nitrogen and oxygen atoms in total. The smallest absolute Gasteiger partial charge is 0.261 e. The molecule has 0 fully saturated rings. The lowest BCUT2D eigenvalue weighted by Gasteiger charge is -2.06. The summed E-state index contributed by atoms with van der Waals surface area (Å²) in [6, 6.07) is 11.5. The molecule has 0 atom stereocenters. The van der Waals surface area contributed by atoms with Gasteiger partial charge in [0.15, 0.2) is 0 Å². The van der Waals surface area contributed by atoms with Crippen LogP contribution in [-0.4, -0.2) is 13.4 Å². The van der Waals surface area contributed by atoms with Gasteiger partial charge in [-0.05, 0) is 24.3 Å². The van der Waals surface area contributed by atoms with Crippen LogP contribution in [0.3, 0.4) is 0 Å². The highest BCUT2D eigenvalue weighted by Gasteiger charge is 2.12. The van der Waals surface area contributed by atoms with E-state index in [4.69, 9.17) is 0 Å². The molecule has 1 aromatic heterocycles. The van der Waals surface area contributed by atoms with E-state index in [9.17, 15) is 8.42 Å². The van der Waals surface area contributed by atoms with Crippen LogP contribution < -0.4 is 4.72 Å². The van der Waals surface area contributed by atoms with E-state index in [2.05, 4.69) is 9.71 Å². The highest BCUT2D eigenvalue weighted by molar-refractivity contribution is 7.92. The average Bonchev–Trinajstić information content (AvgIpc) is 2.31. The summed E-state index contributed by atoms with van der Waals surface area (Å²) in [5, 5.41) is 0.